The number of carbonyl (C=O) groups excluding carboxylic acids is 2. The normalized spacial score (nSPS) is 10.9. The van der Waals surface area contributed by atoms with Crippen LogP contribution in [-0.2, 0) is 20.8 Å². The van der Waals surface area contributed by atoms with Gasteiger partial charge in [-0.2, -0.15) is 0 Å². The Morgan fingerprint density at radius 1 is 1.20 bits per heavy atom. The summed E-state index contributed by atoms with van der Waals surface area (Å²) >= 11 is 0. The Labute approximate surface area is 174 Å². The highest BCUT2D eigenvalue weighted by molar-refractivity contribution is 6.08. The highest BCUT2D eigenvalue weighted by Crippen LogP contribution is 2.29. The lowest BCUT2D eigenvalue weighted by Crippen LogP contribution is -2.27. The molecule has 0 radical (unpaired) electrons. The number of hydrogen-bond acceptors (Lipinski definition) is 6. The van der Waals surface area contributed by atoms with Gasteiger partial charge in [0.2, 0.25) is 5.91 Å². The molecule has 0 saturated carbocycles. The number of hydrogen-bond donors (Lipinski definition) is 2. The number of aromatic nitrogens is 3. The smallest absolute Gasteiger partial charge is 0.253 e. The van der Waals surface area contributed by atoms with Gasteiger partial charge in [0.05, 0.1) is 23.2 Å². The van der Waals surface area contributed by atoms with Crippen LogP contribution in [0.5, 0.6) is 0 Å². The maximum Gasteiger partial charge on any atom is 0.253 e. The summed E-state index contributed by atoms with van der Waals surface area (Å²) in [6, 6.07) is 7.16. The van der Waals surface area contributed by atoms with Crippen LogP contribution in [0.15, 0.2) is 36.7 Å². The first-order valence-corrected chi connectivity index (χ1v) is 9.59. The highest BCUT2D eigenvalue weighted by atomic mass is 16.5. The van der Waals surface area contributed by atoms with E-state index < -0.39 is 0 Å². The van der Waals surface area contributed by atoms with E-state index >= 15 is 0 Å². The van der Waals surface area contributed by atoms with Gasteiger partial charge in [-0.05, 0) is 31.2 Å². The molecule has 9 nitrogen and oxygen atoms in total. The van der Waals surface area contributed by atoms with E-state index in [-0.39, 0.29) is 18.4 Å². The maximum atomic E-state index is 13.0. The maximum absolute atomic E-state index is 13.0. The van der Waals surface area contributed by atoms with Crippen LogP contribution in [0.25, 0.3) is 22.4 Å². The molecule has 0 saturated heterocycles. The Morgan fingerprint density at radius 3 is 2.70 bits per heavy atom. The van der Waals surface area contributed by atoms with Crippen LogP contribution in [-0.4, -0.2) is 60.3 Å². The van der Waals surface area contributed by atoms with Crippen LogP contribution in [0, 0.1) is 0 Å². The molecule has 158 valence electrons. The number of pyridine rings is 1. The van der Waals surface area contributed by atoms with Crippen molar-refractivity contribution in [2.24, 2.45) is 0 Å². The van der Waals surface area contributed by atoms with E-state index in [1.54, 1.807) is 31.6 Å². The third-order valence-electron chi connectivity index (χ3n) is 4.47. The highest BCUT2D eigenvalue weighted by Gasteiger charge is 2.20. The van der Waals surface area contributed by atoms with Gasteiger partial charge in [-0.25, -0.2) is 4.98 Å². The Hall–Kier alpha value is -3.30. The number of carbonyl (C=O) groups is 2. The van der Waals surface area contributed by atoms with Crippen molar-refractivity contribution in [3.8, 4) is 11.4 Å². The van der Waals surface area contributed by atoms with Gasteiger partial charge in [-0.3, -0.25) is 14.6 Å². The molecule has 2 aromatic heterocycles. The van der Waals surface area contributed by atoms with Crippen molar-refractivity contribution in [1.82, 2.24) is 19.9 Å². The van der Waals surface area contributed by atoms with Gasteiger partial charge in [-0.15, -0.1) is 0 Å². The molecule has 0 aliphatic heterocycles. The van der Waals surface area contributed by atoms with Crippen LogP contribution in [0.1, 0.15) is 17.3 Å². The fourth-order valence-corrected chi connectivity index (χ4v) is 3.23. The lowest BCUT2D eigenvalue weighted by atomic mass is 10.1. The molecule has 0 aliphatic carbocycles. The van der Waals surface area contributed by atoms with Crippen LogP contribution in [0.4, 0.5) is 5.69 Å². The van der Waals surface area contributed by atoms with Crippen molar-refractivity contribution in [2.45, 2.75) is 13.5 Å². The Kier molecular flexibility index (Phi) is 7.10. The predicted octanol–water partition coefficient (Wildman–Crippen LogP) is 2.08. The molecule has 2 heterocycles. The van der Waals surface area contributed by atoms with E-state index in [1.165, 1.54) is 7.11 Å². The first kappa shape index (κ1) is 21.4. The molecule has 0 aliphatic rings. The standard InChI is InChI=1S/C21H25N5O4/c1-4-26-19-16(21(28)23-8-9-29-2)10-15(24-18(27)13-30-3)11-17(19)25-20(26)14-6-5-7-22-12-14/h5-7,10-12H,4,8-9,13H2,1-3H3,(H,23,28)(H,24,27). The number of nitrogens with one attached hydrogen (secondary N) is 2. The number of aryl methyl sites for hydroxylation is 1. The Balaban J connectivity index is 2.14. The van der Waals surface area contributed by atoms with Crippen LogP contribution in [0.2, 0.25) is 0 Å². The van der Waals surface area contributed by atoms with E-state index in [0.717, 1.165) is 5.56 Å². The summed E-state index contributed by atoms with van der Waals surface area (Å²) in [5.74, 6) is 0.115. The van der Waals surface area contributed by atoms with Gasteiger partial charge >= 0.3 is 0 Å². The number of ether oxygens (including phenoxy) is 2. The molecule has 2 amide bonds. The van der Waals surface area contributed by atoms with Gasteiger partial charge in [0.1, 0.15) is 12.4 Å². The number of nitrogens with zero attached hydrogens (tertiary/aromatic N) is 3. The van der Waals surface area contributed by atoms with E-state index in [9.17, 15) is 9.59 Å². The second-order valence-corrected chi connectivity index (χ2v) is 6.54. The summed E-state index contributed by atoms with van der Waals surface area (Å²) < 4.78 is 11.9. The Morgan fingerprint density at radius 2 is 2.03 bits per heavy atom. The molecule has 0 spiro atoms. The summed E-state index contributed by atoms with van der Waals surface area (Å²) in [5.41, 5.74) is 3.02. The molecule has 0 bridgehead atoms. The number of anilines is 1. The van der Waals surface area contributed by atoms with Gasteiger partial charge < -0.3 is 24.7 Å². The summed E-state index contributed by atoms with van der Waals surface area (Å²) in [7, 11) is 3.02. The number of imidazole rings is 1. The number of fused-ring (bicyclic) bond motifs is 1. The second kappa shape index (κ2) is 9.95. The quantitative estimate of drug-likeness (QED) is 0.522. The zero-order chi connectivity index (χ0) is 21.5. The summed E-state index contributed by atoms with van der Waals surface area (Å²) in [4.78, 5) is 33.9. The lowest BCUT2D eigenvalue weighted by Gasteiger charge is -2.12. The van der Waals surface area contributed by atoms with Crippen molar-refractivity contribution in [1.29, 1.82) is 0 Å². The van der Waals surface area contributed by atoms with E-state index in [1.807, 2.05) is 23.6 Å². The molecule has 3 aromatic rings. The monoisotopic (exact) mass is 411 g/mol. The lowest BCUT2D eigenvalue weighted by molar-refractivity contribution is -0.119. The van der Waals surface area contributed by atoms with Crippen LogP contribution < -0.4 is 10.6 Å². The molecule has 0 fully saturated rings. The minimum atomic E-state index is -0.315. The molecular formula is C21H25N5O4. The Bertz CT molecular complexity index is 1030. The van der Waals surface area contributed by atoms with Crippen molar-refractivity contribution in [3.05, 3.63) is 42.2 Å². The van der Waals surface area contributed by atoms with Gasteiger partial charge in [0.15, 0.2) is 0 Å². The number of amides is 2. The largest absolute Gasteiger partial charge is 0.383 e. The molecule has 3 rings (SSSR count). The topological polar surface area (TPSA) is 107 Å². The molecule has 9 heteroatoms. The minimum absolute atomic E-state index is 0.0856. The van der Waals surface area contributed by atoms with Gasteiger partial charge in [-0.1, -0.05) is 0 Å². The van der Waals surface area contributed by atoms with Crippen LogP contribution >= 0.6 is 0 Å². The van der Waals surface area contributed by atoms with Crippen LogP contribution in [0.3, 0.4) is 0 Å². The molecule has 2 N–H and O–H groups in total. The zero-order valence-corrected chi connectivity index (χ0v) is 17.3. The van der Waals surface area contributed by atoms with E-state index in [4.69, 9.17) is 14.5 Å². The first-order valence-electron chi connectivity index (χ1n) is 9.59. The zero-order valence-electron chi connectivity index (χ0n) is 17.3. The van der Waals surface area contributed by atoms with Gasteiger partial charge in [0.25, 0.3) is 5.91 Å². The fraction of sp³-hybridized carbons (Fsp3) is 0.333. The number of rotatable bonds is 9. The van der Waals surface area contributed by atoms with Gasteiger partial charge in [0, 0.05) is 51.0 Å². The molecule has 0 unspecified atom stereocenters. The SMILES string of the molecule is CCn1c(-c2cccnc2)nc2cc(NC(=O)COC)cc(C(=O)NCCOC)c21. The number of benzene rings is 1. The molecule has 1 aromatic carbocycles. The van der Waals surface area contributed by atoms with E-state index in [0.29, 0.717) is 47.8 Å². The van der Waals surface area contributed by atoms with Crippen molar-refractivity contribution >= 4 is 28.5 Å². The molecule has 30 heavy (non-hydrogen) atoms. The van der Waals surface area contributed by atoms with Crippen molar-refractivity contribution in [2.75, 3.05) is 39.3 Å². The van der Waals surface area contributed by atoms with Crippen molar-refractivity contribution < 1.29 is 19.1 Å². The first-order chi connectivity index (χ1) is 14.6. The minimum Gasteiger partial charge on any atom is -0.383 e. The van der Waals surface area contributed by atoms with E-state index in [2.05, 4.69) is 15.6 Å². The van der Waals surface area contributed by atoms with Crippen molar-refractivity contribution in [3.63, 3.8) is 0 Å². The number of methoxy groups -OCH3 is 2. The molecule has 0 atom stereocenters. The average Bonchev–Trinajstić information content (AvgIpc) is 3.12. The third-order valence-corrected chi connectivity index (χ3v) is 4.47. The second-order valence-electron chi connectivity index (χ2n) is 6.54. The average molecular weight is 411 g/mol. The fourth-order valence-electron chi connectivity index (χ4n) is 3.23. The summed E-state index contributed by atoms with van der Waals surface area (Å²) in [6.45, 7) is 3.27. The predicted molar refractivity (Wildman–Crippen MR) is 113 cm³/mol. The molecular weight excluding hydrogens is 386 g/mol. The summed E-state index contributed by atoms with van der Waals surface area (Å²) in [5, 5.41) is 5.60. The summed E-state index contributed by atoms with van der Waals surface area (Å²) in [6.07, 6.45) is 3.42. The third kappa shape index (κ3) is 4.64.